The molecule has 1 aromatic carbocycles. The predicted octanol–water partition coefficient (Wildman–Crippen LogP) is 4.78. The molecule has 118 valence electrons. The van der Waals surface area contributed by atoms with Crippen molar-refractivity contribution in [2.75, 3.05) is 13.6 Å². The average Bonchev–Trinajstić information content (AvgIpc) is 2.33. The van der Waals surface area contributed by atoms with Crippen LogP contribution in [0.25, 0.3) is 0 Å². The standard InChI is InChI=1S/C19H31NO/c1-18(2,3)12-13-20(7)17(21)16-10-8-15(9-11-16)14-19(4,5)6/h8-11H,12-14H2,1-7H3. The van der Waals surface area contributed by atoms with Gasteiger partial charge in [0.1, 0.15) is 0 Å². The molecule has 0 fully saturated rings. The van der Waals surface area contributed by atoms with Gasteiger partial charge in [-0.15, -0.1) is 0 Å². The molecule has 2 nitrogen and oxygen atoms in total. The van der Waals surface area contributed by atoms with Gasteiger partial charge in [-0.3, -0.25) is 4.79 Å². The van der Waals surface area contributed by atoms with E-state index in [1.165, 1.54) is 5.56 Å². The van der Waals surface area contributed by atoms with Gasteiger partial charge in [-0.25, -0.2) is 0 Å². The molecule has 0 bridgehead atoms. The molecule has 0 atom stereocenters. The number of hydrogen-bond donors (Lipinski definition) is 0. The lowest BCUT2D eigenvalue weighted by molar-refractivity contribution is 0.0780. The summed E-state index contributed by atoms with van der Waals surface area (Å²) >= 11 is 0. The Morgan fingerprint density at radius 3 is 1.90 bits per heavy atom. The Morgan fingerprint density at radius 2 is 1.48 bits per heavy atom. The number of hydrogen-bond acceptors (Lipinski definition) is 1. The Bertz CT molecular complexity index is 460. The Kier molecular flexibility index (Phi) is 5.61. The van der Waals surface area contributed by atoms with Gasteiger partial charge < -0.3 is 4.90 Å². The highest BCUT2D eigenvalue weighted by atomic mass is 16.2. The lowest BCUT2D eigenvalue weighted by Crippen LogP contribution is -2.30. The molecule has 0 saturated heterocycles. The molecular weight excluding hydrogens is 258 g/mol. The van der Waals surface area contributed by atoms with E-state index in [-0.39, 0.29) is 16.7 Å². The van der Waals surface area contributed by atoms with E-state index in [0.29, 0.717) is 0 Å². The summed E-state index contributed by atoms with van der Waals surface area (Å²) in [6.07, 6.45) is 2.04. The Morgan fingerprint density at radius 1 is 0.952 bits per heavy atom. The zero-order chi connectivity index (χ0) is 16.3. The van der Waals surface area contributed by atoms with Crippen LogP contribution in [0.1, 0.15) is 63.9 Å². The molecule has 0 saturated carbocycles. The highest BCUT2D eigenvalue weighted by Gasteiger charge is 2.16. The summed E-state index contributed by atoms with van der Waals surface area (Å²) in [7, 11) is 1.89. The monoisotopic (exact) mass is 289 g/mol. The van der Waals surface area contributed by atoms with Gasteiger partial charge in [-0.05, 0) is 41.4 Å². The first-order chi connectivity index (χ1) is 9.48. The summed E-state index contributed by atoms with van der Waals surface area (Å²) < 4.78 is 0. The van der Waals surface area contributed by atoms with Gasteiger partial charge in [0.15, 0.2) is 0 Å². The first kappa shape index (κ1) is 17.7. The molecule has 0 aliphatic rings. The van der Waals surface area contributed by atoms with Crippen LogP contribution in [0.2, 0.25) is 0 Å². The number of carbonyl (C=O) groups excluding carboxylic acids is 1. The zero-order valence-corrected chi connectivity index (χ0v) is 14.8. The normalized spacial score (nSPS) is 12.3. The zero-order valence-electron chi connectivity index (χ0n) is 14.8. The number of rotatable bonds is 4. The summed E-state index contributed by atoms with van der Waals surface area (Å²) in [5, 5.41) is 0. The average molecular weight is 289 g/mol. The van der Waals surface area contributed by atoms with Crippen LogP contribution in [0, 0.1) is 10.8 Å². The maximum absolute atomic E-state index is 12.4. The number of amides is 1. The molecule has 1 rings (SSSR count). The molecule has 0 aliphatic carbocycles. The number of nitrogens with zero attached hydrogens (tertiary/aromatic N) is 1. The van der Waals surface area contributed by atoms with Crippen LogP contribution >= 0.6 is 0 Å². The second-order valence-corrected chi connectivity index (χ2v) is 8.47. The van der Waals surface area contributed by atoms with Crippen molar-refractivity contribution in [1.82, 2.24) is 4.90 Å². The molecule has 0 aromatic heterocycles. The van der Waals surface area contributed by atoms with E-state index in [0.717, 1.165) is 24.9 Å². The molecule has 0 radical (unpaired) electrons. The Balaban J connectivity index is 2.66. The topological polar surface area (TPSA) is 20.3 Å². The summed E-state index contributed by atoms with van der Waals surface area (Å²) in [4.78, 5) is 14.2. The van der Waals surface area contributed by atoms with Gasteiger partial charge in [0.05, 0.1) is 0 Å². The molecule has 1 amide bonds. The van der Waals surface area contributed by atoms with E-state index in [1.54, 1.807) is 0 Å². The molecule has 0 N–H and O–H groups in total. The Labute approximate surface area is 130 Å². The van der Waals surface area contributed by atoms with Crippen LogP contribution in [-0.4, -0.2) is 24.4 Å². The SMILES string of the molecule is CN(CCC(C)(C)C)C(=O)c1ccc(CC(C)(C)C)cc1. The maximum Gasteiger partial charge on any atom is 0.253 e. The van der Waals surface area contributed by atoms with Crippen molar-refractivity contribution in [3.05, 3.63) is 35.4 Å². The van der Waals surface area contributed by atoms with Crippen LogP contribution in [0.15, 0.2) is 24.3 Å². The third-order valence-electron chi connectivity index (χ3n) is 3.48. The van der Waals surface area contributed by atoms with Gasteiger partial charge in [0.2, 0.25) is 0 Å². The first-order valence-corrected chi connectivity index (χ1v) is 7.82. The minimum atomic E-state index is 0.113. The molecule has 2 heteroatoms. The van der Waals surface area contributed by atoms with E-state index in [1.807, 2.05) is 24.1 Å². The lowest BCUT2D eigenvalue weighted by Gasteiger charge is -2.24. The second-order valence-electron chi connectivity index (χ2n) is 8.47. The number of benzene rings is 1. The van der Waals surface area contributed by atoms with Gasteiger partial charge >= 0.3 is 0 Å². The van der Waals surface area contributed by atoms with Crippen LogP contribution in [0.3, 0.4) is 0 Å². The van der Waals surface area contributed by atoms with Gasteiger partial charge in [0, 0.05) is 19.2 Å². The van der Waals surface area contributed by atoms with E-state index in [2.05, 4.69) is 53.7 Å². The van der Waals surface area contributed by atoms with Gasteiger partial charge in [0.25, 0.3) is 5.91 Å². The van der Waals surface area contributed by atoms with Crippen molar-refractivity contribution in [2.24, 2.45) is 10.8 Å². The Hall–Kier alpha value is -1.31. The van der Waals surface area contributed by atoms with Crippen LogP contribution < -0.4 is 0 Å². The smallest absolute Gasteiger partial charge is 0.253 e. The third kappa shape index (κ3) is 6.79. The van der Waals surface area contributed by atoms with Gasteiger partial charge in [-0.2, -0.15) is 0 Å². The van der Waals surface area contributed by atoms with Crippen molar-refractivity contribution >= 4 is 5.91 Å². The van der Waals surface area contributed by atoms with Crippen molar-refractivity contribution in [2.45, 2.75) is 54.4 Å². The summed E-state index contributed by atoms with van der Waals surface area (Å²) in [6.45, 7) is 14.1. The fourth-order valence-corrected chi connectivity index (χ4v) is 2.20. The highest BCUT2D eigenvalue weighted by molar-refractivity contribution is 5.94. The van der Waals surface area contributed by atoms with Gasteiger partial charge in [-0.1, -0.05) is 53.7 Å². The molecule has 0 unspecified atom stereocenters. The van der Waals surface area contributed by atoms with E-state index in [9.17, 15) is 4.79 Å². The first-order valence-electron chi connectivity index (χ1n) is 7.82. The maximum atomic E-state index is 12.4. The second kappa shape index (κ2) is 6.64. The van der Waals surface area contributed by atoms with E-state index >= 15 is 0 Å². The van der Waals surface area contributed by atoms with Crippen molar-refractivity contribution < 1.29 is 4.79 Å². The number of carbonyl (C=O) groups is 1. The van der Waals surface area contributed by atoms with E-state index in [4.69, 9.17) is 0 Å². The summed E-state index contributed by atoms with van der Waals surface area (Å²) in [6, 6.07) is 8.07. The third-order valence-corrected chi connectivity index (χ3v) is 3.48. The molecule has 21 heavy (non-hydrogen) atoms. The molecule has 1 aromatic rings. The lowest BCUT2D eigenvalue weighted by atomic mass is 9.88. The van der Waals surface area contributed by atoms with Crippen molar-refractivity contribution in [1.29, 1.82) is 0 Å². The molecular formula is C19H31NO. The van der Waals surface area contributed by atoms with Crippen LogP contribution in [0.5, 0.6) is 0 Å². The quantitative estimate of drug-likeness (QED) is 0.781. The van der Waals surface area contributed by atoms with Crippen LogP contribution in [-0.2, 0) is 6.42 Å². The minimum absolute atomic E-state index is 0.113. The summed E-state index contributed by atoms with van der Waals surface area (Å²) in [5.74, 6) is 0.113. The minimum Gasteiger partial charge on any atom is -0.342 e. The largest absolute Gasteiger partial charge is 0.342 e. The fraction of sp³-hybridized carbons (Fsp3) is 0.632. The van der Waals surface area contributed by atoms with E-state index < -0.39 is 0 Å². The molecule has 0 spiro atoms. The highest BCUT2D eigenvalue weighted by Crippen LogP contribution is 2.21. The molecule has 0 aliphatic heterocycles. The predicted molar refractivity (Wildman–Crippen MR) is 90.6 cm³/mol. The van der Waals surface area contributed by atoms with Crippen molar-refractivity contribution in [3.8, 4) is 0 Å². The fourth-order valence-electron chi connectivity index (χ4n) is 2.20. The van der Waals surface area contributed by atoms with Crippen LogP contribution in [0.4, 0.5) is 0 Å². The van der Waals surface area contributed by atoms with Crippen molar-refractivity contribution in [3.63, 3.8) is 0 Å². The summed E-state index contributed by atoms with van der Waals surface area (Å²) in [5.41, 5.74) is 2.60. The molecule has 0 heterocycles.